The molecule has 0 aliphatic heterocycles. The summed E-state index contributed by atoms with van der Waals surface area (Å²) in [6, 6.07) is 1.74. The number of hydrogen-bond donors (Lipinski definition) is 2. The number of halogens is 1. The molecule has 0 fully saturated rings. The van der Waals surface area contributed by atoms with Gasteiger partial charge in [0.1, 0.15) is 5.69 Å². The van der Waals surface area contributed by atoms with Crippen LogP contribution in [0.5, 0.6) is 0 Å². The number of nitrogens with one attached hydrogen (secondary N) is 1. The van der Waals surface area contributed by atoms with E-state index in [1.165, 1.54) is 0 Å². The Morgan fingerprint density at radius 3 is 2.63 bits per heavy atom. The van der Waals surface area contributed by atoms with Crippen LogP contribution in [0.4, 0.5) is 0 Å². The number of carbonyl (C=O) groups excluding carboxylic acids is 1. The summed E-state index contributed by atoms with van der Waals surface area (Å²) < 4.78 is 2.69. The maximum absolute atomic E-state index is 12.2. The molecule has 5 nitrogen and oxygen atoms in total. The third-order valence-corrected chi connectivity index (χ3v) is 3.04. The smallest absolute Gasteiger partial charge is 0.305 e. The van der Waals surface area contributed by atoms with Crippen LogP contribution < -0.4 is 5.32 Å². The van der Waals surface area contributed by atoms with E-state index in [9.17, 15) is 9.59 Å². The number of rotatable bonds is 6. The highest BCUT2D eigenvalue weighted by Gasteiger charge is 2.25. The Morgan fingerprint density at radius 2 is 2.11 bits per heavy atom. The second-order valence-corrected chi connectivity index (χ2v) is 6.06. The van der Waals surface area contributed by atoms with Crippen LogP contribution in [0.15, 0.2) is 16.7 Å². The maximum Gasteiger partial charge on any atom is 0.305 e. The topological polar surface area (TPSA) is 71.3 Å². The Labute approximate surface area is 121 Å². The molecule has 106 valence electrons. The van der Waals surface area contributed by atoms with E-state index in [4.69, 9.17) is 5.11 Å². The average Bonchev–Trinajstić information content (AvgIpc) is 2.57. The predicted octanol–water partition coefficient (Wildman–Crippen LogP) is 2.64. The Bertz CT molecular complexity index is 480. The maximum atomic E-state index is 12.2. The molecule has 0 radical (unpaired) electrons. The molecule has 0 unspecified atom stereocenters. The molecule has 1 heterocycles. The molecule has 6 heteroatoms. The minimum Gasteiger partial charge on any atom is -0.481 e. The van der Waals surface area contributed by atoms with Crippen LogP contribution in [0.1, 0.15) is 44.1 Å². The summed E-state index contributed by atoms with van der Waals surface area (Å²) in [5.41, 5.74) is -0.247. The van der Waals surface area contributed by atoms with Gasteiger partial charge in [-0.25, -0.2) is 0 Å². The molecule has 0 saturated carbocycles. The summed E-state index contributed by atoms with van der Waals surface area (Å²) in [4.78, 5) is 22.9. The van der Waals surface area contributed by atoms with Crippen molar-refractivity contribution in [2.45, 2.75) is 45.7 Å². The fraction of sp³-hybridized carbons (Fsp3) is 0.538. The lowest BCUT2D eigenvalue weighted by Gasteiger charge is -2.24. The van der Waals surface area contributed by atoms with E-state index in [0.717, 1.165) is 17.4 Å². The summed E-state index contributed by atoms with van der Waals surface area (Å²) in [5.74, 6) is -1.19. The van der Waals surface area contributed by atoms with Crippen LogP contribution in [-0.2, 0) is 11.3 Å². The molecule has 0 bridgehead atoms. The van der Waals surface area contributed by atoms with Gasteiger partial charge < -0.3 is 15.0 Å². The lowest BCUT2D eigenvalue weighted by atomic mass is 10.0. The highest BCUT2D eigenvalue weighted by Crippen LogP contribution is 2.17. The van der Waals surface area contributed by atoms with Crippen molar-refractivity contribution in [3.05, 3.63) is 22.4 Å². The molecule has 1 amide bonds. The van der Waals surface area contributed by atoms with E-state index >= 15 is 0 Å². The number of hydrogen-bond acceptors (Lipinski definition) is 2. The third kappa shape index (κ3) is 4.70. The highest BCUT2D eigenvalue weighted by molar-refractivity contribution is 9.10. The summed E-state index contributed by atoms with van der Waals surface area (Å²) in [7, 11) is 0. The second kappa shape index (κ2) is 6.23. The molecule has 1 aromatic rings. The van der Waals surface area contributed by atoms with Gasteiger partial charge in [-0.1, -0.05) is 6.92 Å². The van der Waals surface area contributed by atoms with E-state index in [1.807, 2.05) is 17.7 Å². The van der Waals surface area contributed by atoms with Crippen LogP contribution >= 0.6 is 15.9 Å². The van der Waals surface area contributed by atoms with Gasteiger partial charge in [-0.15, -0.1) is 0 Å². The van der Waals surface area contributed by atoms with Gasteiger partial charge in [-0.05, 0) is 42.3 Å². The van der Waals surface area contributed by atoms with E-state index in [2.05, 4.69) is 21.2 Å². The first-order valence-corrected chi connectivity index (χ1v) is 6.94. The lowest BCUT2D eigenvalue weighted by Crippen LogP contribution is -2.45. The Hall–Kier alpha value is -1.30. The molecule has 1 aromatic heterocycles. The van der Waals surface area contributed by atoms with Crippen molar-refractivity contribution in [1.29, 1.82) is 0 Å². The molecule has 0 aliphatic carbocycles. The van der Waals surface area contributed by atoms with E-state index in [1.54, 1.807) is 19.9 Å². The Kier molecular flexibility index (Phi) is 5.17. The van der Waals surface area contributed by atoms with Gasteiger partial charge in [0.2, 0.25) is 0 Å². The Balaban J connectivity index is 2.86. The quantitative estimate of drug-likeness (QED) is 0.842. The summed E-state index contributed by atoms with van der Waals surface area (Å²) in [6.07, 6.45) is 2.65. The molecule has 2 N–H and O–H groups in total. The molecular weight excluding hydrogens is 312 g/mol. The lowest BCUT2D eigenvalue weighted by molar-refractivity contribution is -0.138. The van der Waals surface area contributed by atoms with Gasteiger partial charge in [0, 0.05) is 22.8 Å². The van der Waals surface area contributed by atoms with Crippen molar-refractivity contribution in [2.75, 3.05) is 0 Å². The van der Waals surface area contributed by atoms with Gasteiger partial charge in [0.25, 0.3) is 5.91 Å². The predicted molar refractivity (Wildman–Crippen MR) is 76.2 cm³/mol. The monoisotopic (exact) mass is 330 g/mol. The molecule has 0 atom stereocenters. The SMILES string of the molecule is CCCn1cc(Br)cc1C(=O)NC(C)(C)CC(=O)O. The zero-order valence-electron chi connectivity index (χ0n) is 11.4. The molecule has 0 aromatic carbocycles. The first-order valence-electron chi connectivity index (χ1n) is 6.15. The van der Waals surface area contributed by atoms with Crippen LogP contribution in [0.25, 0.3) is 0 Å². The molecule has 1 rings (SSSR count). The van der Waals surface area contributed by atoms with Crippen LogP contribution in [0.2, 0.25) is 0 Å². The van der Waals surface area contributed by atoms with Crippen LogP contribution in [0.3, 0.4) is 0 Å². The zero-order chi connectivity index (χ0) is 14.6. The normalized spacial score (nSPS) is 11.4. The van der Waals surface area contributed by atoms with Crippen LogP contribution in [-0.4, -0.2) is 27.1 Å². The van der Waals surface area contributed by atoms with Crippen molar-refractivity contribution in [1.82, 2.24) is 9.88 Å². The Morgan fingerprint density at radius 1 is 1.47 bits per heavy atom. The van der Waals surface area contributed by atoms with Gasteiger partial charge in [0.15, 0.2) is 0 Å². The fourth-order valence-corrected chi connectivity index (χ4v) is 2.35. The minimum absolute atomic E-state index is 0.117. The number of carboxylic acid groups (broad SMARTS) is 1. The van der Waals surface area contributed by atoms with Gasteiger partial charge in [0.05, 0.1) is 6.42 Å². The van der Waals surface area contributed by atoms with Gasteiger partial charge >= 0.3 is 5.97 Å². The third-order valence-electron chi connectivity index (χ3n) is 2.61. The minimum atomic E-state index is -0.935. The first-order chi connectivity index (χ1) is 8.75. The van der Waals surface area contributed by atoms with Crippen molar-refractivity contribution >= 4 is 27.8 Å². The van der Waals surface area contributed by atoms with Gasteiger partial charge in [-0.2, -0.15) is 0 Å². The van der Waals surface area contributed by atoms with Crippen molar-refractivity contribution in [3.8, 4) is 0 Å². The fourth-order valence-electron chi connectivity index (χ4n) is 1.88. The largest absolute Gasteiger partial charge is 0.481 e. The second-order valence-electron chi connectivity index (χ2n) is 5.15. The number of aromatic nitrogens is 1. The molecule has 0 spiro atoms. The highest BCUT2D eigenvalue weighted by atomic mass is 79.9. The number of aliphatic carboxylic acids is 1. The molecular formula is C13H19BrN2O3. The van der Waals surface area contributed by atoms with Gasteiger partial charge in [-0.3, -0.25) is 9.59 Å². The van der Waals surface area contributed by atoms with E-state index in [0.29, 0.717) is 5.69 Å². The number of nitrogens with zero attached hydrogens (tertiary/aromatic N) is 1. The summed E-state index contributed by atoms with van der Waals surface area (Å²) in [5, 5.41) is 11.6. The molecule has 19 heavy (non-hydrogen) atoms. The summed E-state index contributed by atoms with van der Waals surface area (Å²) in [6.45, 7) is 6.17. The van der Waals surface area contributed by atoms with Crippen molar-refractivity contribution < 1.29 is 14.7 Å². The molecule has 0 saturated heterocycles. The summed E-state index contributed by atoms with van der Waals surface area (Å²) >= 11 is 3.35. The zero-order valence-corrected chi connectivity index (χ0v) is 13.0. The standard InChI is InChI=1S/C13H19BrN2O3/c1-4-5-16-8-9(14)6-10(16)12(19)15-13(2,3)7-11(17)18/h6,8H,4-5,7H2,1-3H3,(H,15,19)(H,17,18). The van der Waals surface area contributed by atoms with Crippen molar-refractivity contribution in [2.24, 2.45) is 0 Å². The van der Waals surface area contributed by atoms with E-state index in [-0.39, 0.29) is 12.3 Å². The number of aryl methyl sites for hydroxylation is 1. The average molecular weight is 331 g/mol. The number of carboxylic acids is 1. The molecule has 0 aliphatic rings. The van der Waals surface area contributed by atoms with Crippen LogP contribution in [0, 0.1) is 0 Å². The number of carbonyl (C=O) groups is 2. The van der Waals surface area contributed by atoms with Crippen molar-refractivity contribution in [3.63, 3.8) is 0 Å². The first kappa shape index (κ1) is 15.8. The number of amides is 1. The van der Waals surface area contributed by atoms with E-state index < -0.39 is 11.5 Å².